The average Bonchev–Trinajstić information content (AvgIpc) is 2.76. The summed E-state index contributed by atoms with van der Waals surface area (Å²) in [5, 5.41) is 6.53. The summed E-state index contributed by atoms with van der Waals surface area (Å²) in [5.74, 6) is 6.81. The van der Waals surface area contributed by atoms with Crippen LogP contribution in [0.1, 0.15) is 32.0 Å². The number of carbonyl (C=O) groups is 1. The van der Waals surface area contributed by atoms with Gasteiger partial charge in [-0.2, -0.15) is 0 Å². The number of hydrogen-bond donors (Lipinski definition) is 2. The third kappa shape index (κ3) is 7.60. The number of aromatic nitrogens is 2. The van der Waals surface area contributed by atoms with Crippen molar-refractivity contribution in [2.75, 3.05) is 18.4 Å². The lowest BCUT2D eigenvalue weighted by atomic mass is 10.1. The molecule has 2 aromatic heterocycles. The molecule has 6 nitrogen and oxygen atoms in total. The molecule has 0 atom stereocenters. The zero-order valence-electron chi connectivity index (χ0n) is 18.3. The summed E-state index contributed by atoms with van der Waals surface area (Å²) in [7, 11) is 0. The number of carbonyl (C=O) groups excluding carboxylic acids is 1. The van der Waals surface area contributed by atoms with Gasteiger partial charge in [-0.15, -0.1) is 0 Å². The van der Waals surface area contributed by atoms with Gasteiger partial charge in [-0.25, -0.2) is 14.8 Å². The van der Waals surface area contributed by atoms with Gasteiger partial charge in [-0.05, 0) is 62.6 Å². The Labute approximate surface area is 193 Å². The number of benzene rings is 1. The number of amides is 1. The second-order valence-electron chi connectivity index (χ2n) is 7.98. The summed E-state index contributed by atoms with van der Waals surface area (Å²) in [6, 6.07) is 15.2. The number of halogens is 1. The molecule has 32 heavy (non-hydrogen) atoms. The minimum atomic E-state index is -0.510. The highest BCUT2D eigenvalue weighted by Crippen LogP contribution is 2.20. The number of nitrogens with one attached hydrogen (secondary N) is 2. The normalized spacial score (nSPS) is 10.6. The molecule has 0 aliphatic heterocycles. The quantitative estimate of drug-likeness (QED) is 0.418. The monoisotopic (exact) mass is 448 g/mol. The average molecular weight is 449 g/mol. The molecule has 0 aliphatic rings. The van der Waals surface area contributed by atoms with E-state index < -0.39 is 11.7 Å². The summed E-state index contributed by atoms with van der Waals surface area (Å²) in [5.41, 5.74) is 3.01. The van der Waals surface area contributed by atoms with Gasteiger partial charge in [0.15, 0.2) is 0 Å². The van der Waals surface area contributed by atoms with Crippen LogP contribution in [0.25, 0.3) is 11.1 Å². The Kier molecular flexibility index (Phi) is 7.69. The van der Waals surface area contributed by atoms with Crippen LogP contribution in [-0.4, -0.2) is 34.8 Å². The number of pyridine rings is 2. The van der Waals surface area contributed by atoms with Gasteiger partial charge >= 0.3 is 6.09 Å². The van der Waals surface area contributed by atoms with Crippen molar-refractivity contribution in [2.45, 2.75) is 26.4 Å². The molecule has 1 amide bonds. The minimum Gasteiger partial charge on any atom is -0.444 e. The third-order valence-electron chi connectivity index (χ3n) is 4.14. The number of hydrogen-bond acceptors (Lipinski definition) is 5. The molecule has 0 radical (unpaired) electrons. The molecule has 7 heteroatoms. The van der Waals surface area contributed by atoms with Crippen LogP contribution in [0.15, 0.2) is 60.9 Å². The molecule has 0 aliphatic carbocycles. The molecule has 0 saturated heterocycles. The van der Waals surface area contributed by atoms with Gasteiger partial charge in [0.05, 0.1) is 0 Å². The predicted octanol–water partition coefficient (Wildman–Crippen LogP) is 5.13. The molecule has 0 bridgehead atoms. The number of ether oxygens (including phenoxy) is 1. The van der Waals surface area contributed by atoms with Gasteiger partial charge in [0, 0.05) is 41.6 Å². The van der Waals surface area contributed by atoms with Crippen molar-refractivity contribution >= 4 is 23.5 Å². The van der Waals surface area contributed by atoms with Crippen LogP contribution < -0.4 is 10.6 Å². The highest BCUT2D eigenvalue weighted by atomic mass is 35.5. The lowest BCUT2D eigenvalue weighted by molar-refractivity contribution is 0.0530. The van der Waals surface area contributed by atoms with Crippen LogP contribution in [-0.2, 0) is 4.74 Å². The molecule has 2 N–H and O–H groups in total. The highest BCUT2D eigenvalue weighted by molar-refractivity contribution is 6.30. The van der Waals surface area contributed by atoms with Crippen LogP contribution >= 0.6 is 11.6 Å². The predicted molar refractivity (Wildman–Crippen MR) is 128 cm³/mol. The molecule has 3 rings (SSSR count). The Hall–Kier alpha value is -3.56. The molecule has 3 aromatic rings. The summed E-state index contributed by atoms with van der Waals surface area (Å²) in [4.78, 5) is 20.4. The molecule has 0 spiro atoms. The number of rotatable bonds is 5. The summed E-state index contributed by atoms with van der Waals surface area (Å²) >= 11 is 5.93. The van der Waals surface area contributed by atoms with Crippen LogP contribution in [0.5, 0.6) is 0 Å². The van der Waals surface area contributed by atoms with Gasteiger partial charge in [0.25, 0.3) is 0 Å². The number of anilines is 1. The first-order valence-corrected chi connectivity index (χ1v) is 10.6. The topological polar surface area (TPSA) is 76.1 Å². The van der Waals surface area contributed by atoms with Gasteiger partial charge in [0.2, 0.25) is 0 Å². The van der Waals surface area contributed by atoms with E-state index in [9.17, 15) is 4.79 Å². The number of alkyl carbamates (subject to hydrolysis) is 1. The van der Waals surface area contributed by atoms with Gasteiger partial charge in [-0.3, -0.25) is 0 Å². The first kappa shape index (κ1) is 23.1. The van der Waals surface area contributed by atoms with Gasteiger partial charge < -0.3 is 15.4 Å². The maximum absolute atomic E-state index is 11.6. The fourth-order valence-corrected chi connectivity index (χ4v) is 2.78. The van der Waals surface area contributed by atoms with E-state index in [0.29, 0.717) is 29.6 Å². The fourth-order valence-electron chi connectivity index (χ4n) is 2.66. The van der Waals surface area contributed by atoms with E-state index in [-0.39, 0.29) is 0 Å². The first-order valence-electron chi connectivity index (χ1n) is 10.2. The van der Waals surface area contributed by atoms with Gasteiger partial charge in [-0.1, -0.05) is 35.7 Å². The Morgan fingerprint density at radius 3 is 2.31 bits per heavy atom. The molecule has 164 valence electrons. The van der Waals surface area contributed by atoms with Crippen molar-refractivity contribution < 1.29 is 9.53 Å². The largest absolute Gasteiger partial charge is 0.444 e. The molecule has 2 heterocycles. The van der Waals surface area contributed by atoms with Crippen molar-refractivity contribution in [3.8, 4) is 23.0 Å². The van der Waals surface area contributed by atoms with E-state index in [4.69, 9.17) is 16.3 Å². The van der Waals surface area contributed by atoms with E-state index >= 15 is 0 Å². The highest BCUT2D eigenvalue weighted by Gasteiger charge is 2.15. The third-order valence-corrected chi connectivity index (χ3v) is 4.39. The molecular formula is C25H25ClN4O2. The zero-order valence-corrected chi connectivity index (χ0v) is 19.0. The molecule has 1 aromatic carbocycles. The van der Waals surface area contributed by atoms with Crippen molar-refractivity contribution in [1.82, 2.24) is 15.3 Å². The van der Waals surface area contributed by atoms with Crippen LogP contribution in [0.4, 0.5) is 10.6 Å². The minimum absolute atomic E-state index is 0.426. The van der Waals surface area contributed by atoms with E-state index in [2.05, 4.69) is 32.4 Å². The van der Waals surface area contributed by atoms with Crippen molar-refractivity contribution in [1.29, 1.82) is 0 Å². The summed E-state index contributed by atoms with van der Waals surface area (Å²) in [6.07, 6.45) is 3.05. The molecule has 0 saturated carbocycles. The Morgan fingerprint density at radius 1 is 0.938 bits per heavy atom. The lowest BCUT2D eigenvalue weighted by Crippen LogP contribution is -2.35. The first-order chi connectivity index (χ1) is 15.3. The standard InChI is InChI=1S/C25H25ClN4O2/c1-25(2,3)32-24(31)28-15-14-27-23-13-5-18(16-30-23)4-11-22-12-8-20(17-29-22)19-6-9-21(26)10-7-19/h5-10,12-13,16-17H,14-15H2,1-3H3,(H,27,30)(H,28,31). The molecule has 0 unspecified atom stereocenters. The number of nitrogens with zero attached hydrogens (tertiary/aromatic N) is 2. The second-order valence-corrected chi connectivity index (χ2v) is 8.41. The maximum atomic E-state index is 11.6. The summed E-state index contributed by atoms with van der Waals surface area (Å²) < 4.78 is 5.18. The summed E-state index contributed by atoms with van der Waals surface area (Å²) in [6.45, 7) is 6.43. The van der Waals surface area contributed by atoms with E-state index in [1.807, 2.05) is 69.3 Å². The molecule has 0 fully saturated rings. The van der Waals surface area contributed by atoms with E-state index in [1.54, 1.807) is 12.4 Å². The molecular weight excluding hydrogens is 424 g/mol. The van der Waals surface area contributed by atoms with E-state index in [1.165, 1.54) is 0 Å². The fraction of sp³-hybridized carbons (Fsp3) is 0.240. The van der Waals surface area contributed by atoms with Crippen LogP contribution in [0.3, 0.4) is 0 Å². The van der Waals surface area contributed by atoms with Gasteiger partial charge in [0.1, 0.15) is 17.1 Å². The van der Waals surface area contributed by atoms with Crippen molar-refractivity contribution in [3.05, 3.63) is 77.2 Å². The van der Waals surface area contributed by atoms with Crippen LogP contribution in [0.2, 0.25) is 5.02 Å². The zero-order chi connectivity index (χ0) is 23.0. The lowest BCUT2D eigenvalue weighted by Gasteiger charge is -2.19. The van der Waals surface area contributed by atoms with E-state index in [0.717, 1.165) is 16.7 Å². The second kappa shape index (κ2) is 10.7. The Morgan fingerprint density at radius 2 is 1.69 bits per heavy atom. The smallest absolute Gasteiger partial charge is 0.407 e. The Balaban J connectivity index is 1.49. The Bertz CT molecular complexity index is 1090. The SMILES string of the molecule is CC(C)(C)OC(=O)NCCNc1ccc(C#Cc2ccc(-c3ccc(Cl)cc3)cn2)cn1. The van der Waals surface area contributed by atoms with Crippen LogP contribution in [0, 0.1) is 11.8 Å². The maximum Gasteiger partial charge on any atom is 0.407 e. The van der Waals surface area contributed by atoms with Crippen molar-refractivity contribution in [3.63, 3.8) is 0 Å². The van der Waals surface area contributed by atoms with Crippen molar-refractivity contribution in [2.24, 2.45) is 0 Å².